The molecule has 0 heterocycles. The van der Waals surface area contributed by atoms with Crippen molar-refractivity contribution in [3.63, 3.8) is 0 Å². The lowest BCUT2D eigenvalue weighted by Crippen LogP contribution is -2.23. The van der Waals surface area contributed by atoms with Gasteiger partial charge in [-0.15, -0.1) is 0 Å². The van der Waals surface area contributed by atoms with Crippen LogP contribution in [0.4, 0.5) is 14.5 Å². The molecule has 0 saturated carbocycles. The van der Waals surface area contributed by atoms with Crippen molar-refractivity contribution >= 4 is 5.69 Å². The Morgan fingerprint density at radius 3 is 2.43 bits per heavy atom. The molecular formula is C17H20F2N2. The van der Waals surface area contributed by atoms with Crippen molar-refractivity contribution in [1.82, 2.24) is 0 Å². The van der Waals surface area contributed by atoms with Gasteiger partial charge in [-0.1, -0.05) is 24.3 Å². The molecule has 0 aliphatic rings. The number of rotatable bonds is 5. The fourth-order valence-corrected chi connectivity index (χ4v) is 2.39. The first-order chi connectivity index (χ1) is 10.0. The largest absolute Gasteiger partial charge is 0.365 e. The molecule has 0 amide bonds. The molecule has 0 bridgehead atoms. The average molecular weight is 290 g/mol. The van der Waals surface area contributed by atoms with Crippen molar-refractivity contribution < 1.29 is 8.78 Å². The van der Waals surface area contributed by atoms with Gasteiger partial charge in [0.25, 0.3) is 0 Å². The number of halogens is 2. The van der Waals surface area contributed by atoms with Crippen molar-refractivity contribution in [3.05, 3.63) is 65.2 Å². The van der Waals surface area contributed by atoms with Crippen molar-refractivity contribution in [2.24, 2.45) is 5.73 Å². The van der Waals surface area contributed by atoms with Crippen LogP contribution >= 0.6 is 0 Å². The number of benzene rings is 2. The Morgan fingerprint density at radius 1 is 1.10 bits per heavy atom. The second-order valence-corrected chi connectivity index (χ2v) is 5.13. The van der Waals surface area contributed by atoms with Gasteiger partial charge in [-0.05, 0) is 43.7 Å². The first kappa shape index (κ1) is 15.4. The number of nitrogens with two attached hydrogens (primary N) is 1. The van der Waals surface area contributed by atoms with Gasteiger partial charge in [0.15, 0.2) is 0 Å². The van der Waals surface area contributed by atoms with Gasteiger partial charge in [0, 0.05) is 12.6 Å². The van der Waals surface area contributed by atoms with E-state index in [0.717, 1.165) is 5.56 Å². The lowest BCUT2D eigenvalue weighted by atomic mass is 10.0. The minimum absolute atomic E-state index is 0.263. The molecule has 2 aromatic rings. The molecule has 0 aliphatic carbocycles. The Kier molecular flexibility index (Phi) is 4.91. The summed E-state index contributed by atoms with van der Waals surface area (Å²) in [4.78, 5) is 1.74. The summed E-state index contributed by atoms with van der Waals surface area (Å²) in [5.74, 6) is -0.594. The van der Waals surface area contributed by atoms with Crippen LogP contribution in [0.1, 0.15) is 24.1 Å². The highest BCUT2D eigenvalue weighted by molar-refractivity contribution is 5.50. The number of hydrogen-bond acceptors (Lipinski definition) is 2. The van der Waals surface area contributed by atoms with E-state index >= 15 is 0 Å². The molecule has 2 N–H and O–H groups in total. The fraction of sp³-hybridized carbons (Fsp3) is 0.294. The van der Waals surface area contributed by atoms with Crippen LogP contribution < -0.4 is 10.6 Å². The van der Waals surface area contributed by atoms with Crippen molar-refractivity contribution in [2.45, 2.75) is 19.4 Å². The van der Waals surface area contributed by atoms with E-state index in [-0.39, 0.29) is 17.7 Å². The zero-order valence-electron chi connectivity index (χ0n) is 12.3. The third kappa shape index (κ3) is 3.39. The van der Waals surface area contributed by atoms with Crippen LogP contribution in [0.25, 0.3) is 0 Å². The average Bonchev–Trinajstić information content (AvgIpc) is 2.47. The summed E-state index contributed by atoms with van der Waals surface area (Å²) in [6.45, 7) is 2.34. The van der Waals surface area contributed by atoms with Crippen molar-refractivity contribution in [3.8, 4) is 0 Å². The topological polar surface area (TPSA) is 29.3 Å². The number of anilines is 1. The maximum atomic E-state index is 14.2. The van der Waals surface area contributed by atoms with Crippen LogP contribution in [-0.2, 0) is 6.42 Å². The van der Waals surface area contributed by atoms with E-state index in [2.05, 4.69) is 0 Å². The van der Waals surface area contributed by atoms with Gasteiger partial charge in [0.2, 0.25) is 0 Å². The predicted octanol–water partition coefficient (Wildman–Crippen LogP) is 3.66. The second-order valence-electron chi connectivity index (χ2n) is 5.13. The van der Waals surface area contributed by atoms with E-state index in [1.807, 2.05) is 13.0 Å². The SMILES string of the molecule is CC(c1ccccc1F)N(C)c1ccc(CCN)cc1F. The highest BCUT2D eigenvalue weighted by atomic mass is 19.1. The number of nitrogens with zero attached hydrogens (tertiary/aromatic N) is 1. The van der Waals surface area contributed by atoms with Gasteiger partial charge in [0.1, 0.15) is 11.6 Å². The molecule has 0 fully saturated rings. The van der Waals surface area contributed by atoms with Crippen LogP contribution in [0, 0.1) is 11.6 Å². The van der Waals surface area contributed by atoms with E-state index in [1.54, 1.807) is 36.2 Å². The van der Waals surface area contributed by atoms with E-state index in [9.17, 15) is 8.78 Å². The standard InChI is InChI=1S/C17H20F2N2/c1-12(14-5-3-4-6-15(14)18)21(2)17-8-7-13(9-10-20)11-16(17)19/h3-8,11-12H,9-10,20H2,1-2H3. The maximum Gasteiger partial charge on any atom is 0.146 e. The monoisotopic (exact) mass is 290 g/mol. The normalized spacial score (nSPS) is 12.2. The lowest BCUT2D eigenvalue weighted by molar-refractivity contribution is 0.575. The zero-order valence-corrected chi connectivity index (χ0v) is 12.3. The summed E-state index contributed by atoms with van der Waals surface area (Å²) >= 11 is 0. The summed E-state index contributed by atoms with van der Waals surface area (Å²) in [6, 6.07) is 11.4. The molecule has 0 saturated heterocycles. The molecule has 0 radical (unpaired) electrons. The molecule has 21 heavy (non-hydrogen) atoms. The molecular weight excluding hydrogens is 270 g/mol. The van der Waals surface area contributed by atoms with Gasteiger partial charge in [-0.3, -0.25) is 0 Å². The van der Waals surface area contributed by atoms with E-state index in [1.165, 1.54) is 12.1 Å². The summed E-state index contributed by atoms with van der Waals surface area (Å²) in [5.41, 5.74) is 7.34. The summed E-state index contributed by atoms with van der Waals surface area (Å²) in [6.07, 6.45) is 0.643. The smallest absolute Gasteiger partial charge is 0.146 e. The van der Waals surface area contributed by atoms with E-state index in [4.69, 9.17) is 5.73 Å². The van der Waals surface area contributed by atoms with Crippen molar-refractivity contribution in [2.75, 3.05) is 18.5 Å². The summed E-state index contributed by atoms with van der Waals surface area (Å²) in [5, 5.41) is 0. The Balaban J connectivity index is 2.27. The Morgan fingerprint density at radius 2 is 1.81 bits per heavy atom. The molecule has 2 aromatic carbocycles. The summed E-state index contributed by atoms with van der Waals surface area (Å²) < 4.78 is 28.1. The third-order valence-electron chi connectivity index (χ3n) is 3.76. The van der Waals surface area contributed by atoms with Gasteiger partial charge < -0.3 is 10.6 Å². The molecule has 112 valence electrons. The molecule has 4 heteroatoms. The van der Waals surface area contributed by atoms with E-state index in [0.29, 0.717) is 24.2 Å². The molecule has 1 unspecified atom stereocenters. The minimum Gasteiger partial charge on any atom is -0.365 e. The first-order valence-corrected chi connectivity index (χ1v) is 7.00. The van der Waals surface area contributed by atoms with E-state index < -0.39 is 0 Å². The number of hydrogen-bond donors (Lipinski definition) is 1. The summed E-state index contributed by atoms with van der Waals surface area (Å²) in [7, 11) is 1.76. The second kappa shape index (κ2) is 6.68. The van der Waals surface area contributed by atoms with Gasteiger partial charge in [-0.2, -0.15) is 0 Å². The van der Waals surface area contributed by atoms with Crippen LogP contribution in [0.15, 0.2) is 42.5 Å². The van der Waals surface area contributed by atoms with Crippen molar-refractivity contribution in [1.29, 1.82) is 0 Å². The highest BCUT2D eigenvalue weighted by Gasteiger charge is 2.18. The third-order valence-corrected chi connectivity index (χ3v) is 3.76. The Labute approximate surface area is 124 Å². The minimum atomic E-state index is -0.313. The molecule has 2 rings (SSSR count). The fourth-order valence-electron chi connectivity index (χ4n) is 2.39. The Hall–Kier alpha value is -1.94. The quantitative estimate of drug-likeness (QED) is 0.910. The Bertz CT molecular complexity index is 613. The first-order valence-electron chi connectivity index (χ1n) is 7.00. The van der Waals surface area contributed by atoms with Crippen LogP contribution in [0.2, 0.25) is 0 Å². The molecule has 2 nitrogen and oxygen atoms in total. The van der Waals surface area contributed by atoms with Gasteiger partial charge in [0.05, 0.1) is 11.7 Å². The molecule has 1 atom stereocenters. The van der Waals surface area contributed by atoms with Crippen LogP contribution in [0.3, 0.4) is 0 Å². The zero-order chi connectivity index (χ0) is 15.4. The van der Waals surface area contributed by atoms with Crippen LogP contribution in [-0.4, -0.2) is 13.6 Å². The predicted molar refractivity (Wildman–Crippen MR) is 82.4 cm³/mol. The van der Waals surface area contributed by atoms with Gasteiger partial charge >= 0.3 is 0 Å². The maximum absolute atomic E-state index is 14.2. The highest BCUT2D eigenvalue weighted by Crippen LogP contribution is 2.29. The lowest BCUT2D eigenvalue weighted by Gasteiger charge is -2.28. The van der Waals surface area contributed by atoms with Crippen LogP contribution in [0.5, 0.6) is 0 Å². The van der Waals surface area contributed by atoms with Gasteiger partial charge in [-0.25, -0.2) is 8.78 Å². The molecule has 0 spiro atoms. The molecule has 0 aromatic heterocycles. The molecule has 0 aliphatic heterocycles.